The monoisotopic (exact) mass is 416 g/mol. The maximum Gasteiger partial charge on any atom is 0.316 e. The first kappa shape index (κ1) is 22.0. The van der Waals surface area contributed by atoms with Crippen molar-refractivity contribution in [3.63, 3.8) is 0 Å². The summed E-state index contributed by atoms with van der Waals surface area (Å²) < 4.78 is 19.2. The number of carbonyl (C=O) groups is 1. The number of aliphatic hydroxyl groups excluding tert-OH is 5. The van der Waals surface area contributed by atoms with E-state index in [2.05, 4.69) is 5.32 Å². The summed E-state index contributed by atoms with van der Waals surface area (Å²) in [6.45, 7) is -0.433. The molecular formula is C17H21FN2O7S. The molecule has 0 aliphatic carbocycles. The van der Waals surface area contributed by atoms with Crippen molar-refractivity contribution in [2.45, 2.75) is 31.0 Å². The summed E-state index contributed by atoms with van der Waals surface area (Å²) in [5.74, 6) is -1.22. The number of ether oxygens (including phenoxy) is 1. The second kappa shape index (κ2) is 9.78. The van der Waals surface area contributed by atoms with Crippen molar-refractivity contribution < 1.29 is 39.5 Å². The van der Waals surface area contributed by atoms with Crippen LogP contribution in [0.5, 0.6) is 5.75 Å². The number of benzene rings is 1. The summed E-state index contributed by atoms with van der Waals surface area (Å²) in [5, 5.41) is 51.6. The van der Waals surface area contributed by atoms with Crippen molar-refractivity contribution in [3.05, 3.63) is 35.5 Å². The zero-order valence-electron chi connectivity index (χ0n) is 14.5. The minimum Gasteiger partial charge on any atom is -0.459 e. The van der Waals surface area contributed by atoms with Crippen LogP contribution in [0.1, 0.15) is 6.42 Å². The van der Waals surface area contributed by atoms with Gasteiger partial charge in [0, 0.05) is 16.9 Å². The summed E-state index contributed by atoms with van der Waals surface area (Å²) in [4.78, 5) is 11.5. The second-order valence-corrected chi connectivity index (χ2v) is 6.81. The molecule has 0 bridgehead atoms. The average molecular weight is 416 g/mol. The first-order chi connectivity index (χ1) is 13.2. The molecule has 2 rings (SSSR count). The van der Waals surface area contributed by atoms with Crippen LogP contribution >= 0.6 is 11.3 Å². The Morgan fingerprint density at radius 2 is 1.93 bits per heavy atom. The van der Waals surface area contributed by atoms with Crippen LogP contribution in [0, 0.1) is 5.82 Å². The first-order valence-electron chi connectivity index (χ1n) is 8.17. The molecule has 4 atom stereocenters. The number of nitrogens with one attached hydrogen (secondary N) is 1. The summed E-state index contributed by atoms with van der Waals surface area (Å²) in [7, 11) is 0. The lowest BCUT2D eigenvalue weighted by Gasteiger charge is -2.26. The molecule has 0 radical (unpaired) electrons. The van der Waals surface area contributed by atoms with Crippen molar-refractivity contribution in [2.24, 2.45) is 5.73 Å². The Hall–Kier alpha value is -2.28. The van der Waals surface area contributed by atoms with Gasteiger partial charge in [-0.25, -0.2) is 9.18 Å². The van der Waals surface area contributed by atoms with E-state index in [9.17, 15) is 29.6 Å². The maximum absolute atomic E-state index is 14.3. The molecule has 2 amide bonds. The van der Waals surface area contributed by atoms with E-state index in [-0.39, 0.29) is 12.2 Å². The highest BCUT2D eigenvalue weighted by molar-refractivity contribution is 7.14. The zero-order chi connectivity index (χ0) is 20.8. The number of carbonyl (C=O) groups excluding carboxylic acids is 1. The molecule has 11 heteroatoms. The Balaban J connectivity index is 2.07. The number of hydrogen-bond donors (Lipinski definition) is 7. The molecule has 154 valence electrons. The van der Waals surface area contributed by atoms with Crippen LogP contribution in [0.2, 0.25) is 0 Å². The van der Waals surface area contributed by atoms with Crippen LogP contribution in [-0.4, -0.2) is 62.8 Å². The molecule has 0 saturated carbocycles. The van der Waals surface area contributed by atoms with Crippen molar-refractivity contribution in [1.29, 1.82) is 0 Å². The molecule has 0 aliphatic rings. The Morgan fingerprint density at radius 1 is 1.21 bits per heavy atom. The number of aliphatic hydroxyl groups is 5. The molecule has 9 nitrogen and oxygen atoms in total. The van der Waals surface area contributed by atoms with Crippen molar-refractivity contribution >= 4 is 23.1 Å². The van der Waals surface area contributed by atoms with Gasteiger partial charge in [-0.15, -0.1) is 11.3 Å². The van der Waals surface area contributed by atoms with Gasteiger partial charge in [-0.05, 0) is 36.2 Å². The highest BCUT2D eigenvalue weighted by Gasteiger charge is 2.32. The SMILES string of the molecule is NC(=O)Nc1csc(-c2ccc(OC(O)C(O)C(O)C(O)CCO)c(F)c2)c1. The number of primary amides is 1. The van der Waals surface area contributed by atoms with E-state index >= 15 is 0 Å². The largest absolute Gasteiger partial charge is 0.459 e. The van der Waals surface area contributed by atoms with Crippen LogP contribution in [0.15, 0.2) is 29.6 Å². The fourth-order valence-electron chi connectivity index (χ4n) is 2.34. The fraction of sp³-hybridized carbons (Fsp3) is 0.353. The van der Waals surface area contributed by atoms with Crippen LogP contribution in [-0.2, 0) is 0 Å². The normalized spacial score (nSPS) is 15.5. The first-order valence-corrected chi connectivity index (χ1v) is 9.05. The molecule has 0 aliphatic heterocycles. The molecule has 0 spiro atoms. The van der Waals surface area contributed by atoms with Gasteiger partial charge < -0.3 is 41.3 Å². The van der Waals surface area contributed by atoms with Gasteiger partial charge in [-0.1, -0.05) is 0 Å². The predicted octanol–water partition coefficient (Wildman–Crippen LogP) is 0.207. The lowest BCUT2D eigenvalue weighted by atomic mass is 10.1. The average Bonchev–Trinajstić information content (AvgIpc) is 3.09. The van der Waals surface area contributed by atoms with Crippen molar-refractivity contribution in [3.8, 4) is 16.2 Å². The van der Waals surface area contributed by atoms with Gasteiger partial charge >= 0.3 is 6.03 Å². The Bertz CT molecular complexity index is 804. The van der Waals surface area contributed by atoms with Gasteiger partial charge in [0.05, 0.1) is 11.8 Å². The molecule has 0 fully saturated rings. The quantitative estimate of drug-likeness (QED) is 0.287. The third-order valence-corrected chi connectivity index (χ3v) is 4.77. The Morgan fingerprint density at radius 3 is 2.54 bits per heavy atom. The lowest BCUT2D eigenvalue weighted by Crippen LogP contribution is -2.47. The predicted molar refractivity (Wildman–Crippen MR) is 99.3 cm³/mol. The molecule has 2 aromatic rings. The van der Waals surface area contributed by atoms with Gasteiger partial charge in [0.25, 0.3) is 0 Å². The van der Waals surface area contributed by atoms with E-state index in [1.54, 1.807) is 11.4 Å². The Kier molecular flexibility index (Phi) is 7.69. The van der Waals surface area contributed by atoms with E-state index in [0.29, 0.717) is 16.1 Å². The van der Waals surface area contributed by atoms with Crippen LogP contribution < -0.4 is 15.8 Å². The van der Waals surface area contributed by atoms with Crippen LogP contribution in [0.25, 0.3) is 10.4 Å². The molecule has 4 unspecified atom stereocenters. The molecular weight excluding hydrogens is 395 g/mol. The van der Waals surface area contributed by atoms with Gasteiger partial charge in [-0.2, -0.15) is 0 Å². The maximum atomic E-state index is 14.3. The molecule has 1 heterocycles. The molecule has 28 heavy (non-hydrogen) atoms. The summed E-state index contributed by atoms with van der Waals surface area (Å²) >= 11 is 1.24. The van der Waals surface area contributed by atoms with E-state index in [0.717, 1.165) is 6.07 Å². The molecule has 8 N–H and O–H groups in total. The van der Waals surface area contributed by atoms with Gasteiger partial charge in [0.2, 0.25) is 6.29 Å². The number of amides is 2. The summed E-state index contributed by atoms with van der Waals surface area (Å²) in [6, 6.07) is 4.72. The van der Waals surface area contributed by atoms with Gasteiger partial charge in [0.1, 0.15) is 12.2 Å². The van der Waals surface area contributed by atoms with E-state index in [1.165, 1.54) is 23.5 Å². The molecule has 1 aromatic carbocycles. The van der Waals surface area contributed by atoms with Gasteiger partial charge in [-0.3, -0.25) is 0 Å². The number of hydrogen-bond acceptors (Lipinski definition) is 8. The van der Waals surface area contributed by atoms with Crippen molar-refractivity contribution in [1.82, 2.24) is 0 Å². The minimum atomic E-state index is -2.02. The Labute approximate surface area is 163 Å². The fourth-order valence-corrected chi connectivity index (χ4v) is 3.18. The minimum absolute atomic E-state index is 0.221. The number of rotatable bonds is 9. The molecule has 1 aromatic heterocycles. The standard InChI is InChI=1S/C17H21FN2O7S/c18-10-5-8(13-6-9(7-28-13)20-17(19)26)1-2-12(10)27-16(25)15(24)14(23)11(22)3-4-21/h1-2,5-7,11,14-16,21-25H,3-4H2,(H3,19,20,26). The molecule has 0 saturated heterocycles. The summed E-state index contributed by atoms with van der Waals surface area (Å²) in [5.41, 5.74) is 5.97. The zero-order valence-corrected chi connectivity index (χ0v) is 15.3. The number of urea groups is 1. The van der Waals surface area contributed by atoms with Crippen LogP contribution in [0.4, 0.5) is 14.9 Å². The lowest BCUT2D eigenvalue weighted by molar-refractivity contribution is -0.167. The smallest absolute Gasteiger partial charge is 0.316 e. The number of thiophene rings is 1. The topological polar surface area (TPSA) is 166 Å². The second-order valence-electron chi connectivity index (χ2n) is 5.90. The number of halogens is 1. The number of anilines is 1. The van der Waals surface area contributed by atoms with Crippen molar-refractivity contribution in [2.75, 3.05) is 11.9 Å². The van der Waals surface area contributed by atoms with E-state index < -0.39 is 43.1 Å². The van der Waals surface area contributed by atoms with Gasteiger partial charge in [0.15, 0.2) is 11.6 Å². The van der Waals surface area contributed by atoms with E-state index in [4.69, 9.17) is 15.6 Å². The third kappa shape index (κ3) is 5.61. The van der Waals surface area contributed by atoms with Crippen LogP contribution in [0.3, 0.4) is 0 Å². The summed E-state index contributed by atoms with van der Waals surface area (Å²) in [6.07, 6.45) is -7.46. The number of nitrogens with two attached hydrogens (primary N) is 1. The third-order valence-electron chi connectivity index (χ3n) is 3.79. The highest BCUT2D eigenvalue weighted by Crippen LogP contribution is 2.32. The highest BCUT2D eigenvalue weighted by atomic mass is 32.1. The van der Waals surface area contributed by atoms with E-state index in [1.807, 2.05) is 0 Å².